The third-order valence-electron chi connectivity index (χ3n) is 2.63. The Hall–Kier alpha value is -1.26. The molecule has 0 aliphatic heterocycles. The lowest BCUT2D eigenvalue weighted by Gasteiger charge is -2.02. The SMILES string of the molecule is Cc1nc(-c2cccnc2)sc1CCC(C)N. The second-order valence-electron chi connectivity index (χ2n) is 4.29. The summed E-state index contributed by atoms with van der Waals surface area (Å²) >= 11 is 1.75. The first-order valence-electron chi connectivity index (χ1n) is 5.79. The molecule has 1 unspecified atom stereocenters. The first-order chi connectivity index (χ1) is 8.16. The van der Waals surface area contributed by atoms with Gasteiger partial charge in [0.2, 0.25) is 0 Å². The van der Waals surface area contributed by atoms with Gasteiger partial charge in [-0.15, -0.1) is 11.3 Å². The minimum Gasteiger partial charge on any atom is -0.328 e. The molecule has 0 bridgehead atoms. The smallest absolute Gasteiger partial charge is 0.125 e. The third kappa shape index (κ3) is 3.11. The van der Waals surface area contributed by atoms with Gasteiger partial charge in [0.15, 0.2) is 0 Å². The fraction of sp³-hybridized carbons (Fsp3) is 0.385. The van der Waals surface area contributed by atoms with Crippen LogP contribution in [0, 0.1) is 6.92 Å². The van der Waals surface area contributed by atoms with Crippen LogP contribution in [0.2, 0.25) is 0 Å². The zero-order valence-electron chi connectivity index (χ0n) is 10.2. The van der Waals surface area contributed by atoms with Gasteiger partial charge in [-0.3, -0.25) is 4.98 Å². The lowest BCUT2D eigenvalue weighted by Crippen LogP contribution is -2.15. The predicted octanol–water partition coefficient (Wildman–Crippen LogP) is 2.79. The molecule has 2 aromatic heterocycles. The van der Waals surface area contributed by atoms with Crippen LogP contribution in [-0.2, 0) is 6.42 Å². The van der Waals surface area contributed by atoms with Gasteiger partial charge in [-0.1, -0.05) is 0 Å². The molecule has 0 aromatic carbocycles. The molecular formula is C13H17N3S. The highest BCUT2D eigenvalue weighted by molar-refractivity contribution is 7.15. The van der Waals surface area contributed by atoms with Crippen molar-refractivity contribution in [1.29, 1.82) is 0 Å². The summed E-state index contributed by atoms with van der Waals surface area (Å²) in [5.74, 6) is 0. The molecule has 90 valence electrons. The summed E-state index contributed by atoms with van der Waals surface area (Å²) in [4.78, 5) is 10.1. The molecule has 0 spiro atoms. The van der Waals surface area contributed by atoms with Crippen molar-refractivity contribution in [2.24, 2.45) is 5.73 Å². The number of thiazole rings is 1. The fourth-order valence-electron chi connectivity index (χ4n) is 1.63. The Morgan fingerprint density at radius 3 is 2.94 bits per heavy atom. The molecule has 2 rings (SSSR count). The van der Waals surface area contributed by atoms with Crippen LogP contribution in [0.15, 0.2) is 24.5 Å². The van der Waals surface area contributed by atoms with Crippen LogP contribution in [0.25, 0.3) is 10.6 Å². The van der Waals surface area contributed by atoms with Gasteiger partial charge >= 0.3 is 0 Å². The molecule has 0 aliphatic carbocycles. The second kappa shape index (κ2) is 5.38. The van der Waals surface area contributed by atoms with Crippen molar-refractivity contribution in [2.45, 2.75) is 32.7 Å². The van der Waals surface area contributed by atoms with E-state index < -0.39 is 0 Å². The molecule has 0 radical (unpaired) electrons. The molecule has 2 aromatic rings. The number of nitrogens with zero attached hydrogens (tertiary/aromatic N) is 2. The Morgan fingerprint density at radius 1 is 1.47 bits per heavy atom. The zero-order chi connectivity index (χ0) is 12.3. The number of nitrogens with two attached hydrogens (primary N) is 1. The maximum atomic E-state index is 5.78. The van der Waals surface area contributed by atoms with Crippen molar-refractivity contribution in [3.05, 3.63) is 35.1 Å². The highest BCUT2D eigenvalue weighted by atomic mass is 32.1. The summed E-state index contributed by atoms with van der Waals surface area (Å²) in [5, 5.41) is 1.05. The summed E-state index contributed by atoms with van der Waals surface area (Å²) in [6.07, 6.45) is 5.66. The molecule has 3 nitrogen and oxygen atoms in total. The van der Waals surface area contributed by atoms with Crippen molar-refractivity contribution in [3.63, 3.8) is 0 Å². The van der Waals surface area contributed by atoms with E-state index in [4.69, 9.17) is 5.73 Å². The molecule has 0 amide bonds. The predicted molar refractivity (Wildman–Crippen MR) is 72.1 cm³/mol. The van der Waals surface area contributed by atoms with Gasteiger partial charge in [0.05, 0.1) is 5.69 Å². The molecule has 0 aliphatic rings. The number of rotatable bonds is 4. The molecule has 2 heterocycles. The Morgan fingerprint density at radius 2 is 2.29 bits per heavy atom. The molecule has 1 atom stereocenters. The van der Waals surface area contributed by atoms with Crippen molar-refractivity contribution in [2.75, 3.05) is 0 Å². The number of hydrogen-bond donors (Lipinski definition) is 1. The van der Waals surface area contributed by atoms with Crippen molar-refractivity contribution in [1.82, 2.24) is 9.97 Å². The lowest BCUT2D eigenvalue weighted by molar-refractivity contribution is 0.668. The first-order valence-corrected chi connectivity index (χ1v) is 6.60. The van der Waals surface area contributed by atoms with E-state index in [-0.39, 0.29) is 6.04 Å². The van der Waals surface area contributed by atoms with Crippen LogP contribution in [-0.4, -0.2) is 16.0 Å². The van der Waals surface area contributed by atoms with Crippen molar-refractivity contribution < 1.29 is 0 Å². The van der Waals surface area contributed by atoms with E-state index in [1.807, 2.05) is 25.3 Å². The summed E-state index contributed by atoms with van der Waals surface area (Å²) in [5.41, 5.74) is 7.99. The van der Waals surface area contributed by atoms with Crippen LogP contribution >= 0.6 is 11.3 Å². The molecule has 17 heavy (non-hydrogen) atoms. The van der Waals surface area contributed by atoms with Gasteiger partial charge in [-0.25, -0.2) is 4.98 Å². The Labute approximate surface area is 106 Å². The number of aromatic nitrogens is 2. The number of hydrogen-bond acceptors (Lipinski definition) is 4. The Kier molecular flexibility index (Phi) is 3.86. The largest absolute Gasteiger partial charge is 0.328 e. The van der Waals surface area contributed by atoms with E-state index in [2.05, 4.69) is 16.9 Å². The van der Waals surface area contributed by atoms with E-state index >= 15 is 0 Å². The molecule has 4 heteroatoms. The average molecular weight is 247 g/mol. The third-order valence-corrected chi connectivity index (χ3v) is 3.89. The van der Waals surface area contributed by atoms with Crippen LogP contribution in [0.4, 0.5) is 0 Å². The fourth-order valence-corrected chi connectivity index (χ4v) is 2.70. The molecular weight excluding hydrogens is 230 g/mol. The van der Waals surface area contributed by atoms with Crippen molar-refractivity contribution in [3.8, 4) is 10.6 Å². The van der Waals surface area contributed by atoms with E-state index in [9.17, 15) is 0 Å². The van der Waals surface area contributed by atoms with E-state index in [1.165, 1.54) is 4.88 Å². The summed E-state index contributed by atoms with van der Waals surface area (Å²) < 4.78 is 0. The van der Waals surface area contributed by atoms with Gasteiger partial charge in [0.1, 0.15) is 5.01 Å². The van der Waals surface area contributed by atoms with Gasteiger partial charge in [-0.2, -0.15) is 0 Å². The summed E-state index contributed by atoms with van der Waals surface area (Å²) in [6.45, 7) is 4.10. The molecule has 0 saturated carbocycles. The minimum absolute atomic E-state index is 0.248. The molecule has 0 fully saturated rings. The quantitative estimate of drug-likeness (QED) is 0.904. The normalized spacial score (nSPS) is 12.6. The molecule has 2 N–H and O–H groups in total. The second-order valence-corrected chi connectivity index (χ2v) is 5.37. The maximum Gasteiger partial charge on any atom is 0.125 e. The van der Waals surface area contributed by atoms with Crippen LogP contribution in [0.1, 0.15) is 23.9 Å². The van der Waals surface area contributed by atoms with Crippen molar-refractivity contribution >= 4 is 11.3 Å². The number of pyridine rings is 1. The molecule has 0 saturated heterocycles. The van der Waals surface area contributed by atoms with Crippen LogP contribution in [0.5, 0.6) is 0 Å². The van der Waals surface area contributed by atoms with Gasteiger partial charge in [0.25, 0.3) is 0 Å². The van der Waals surface area contributed by atoms with Crippen LogP contribution in [0.3, 0.4) is 0 Å². The zero-order valence-corrected chi connectivity index (χ0v) is 11.0. The van der Waals surface area contributed by atoms with Gasteiger partial charge in [-0.05, 0) is 38.8 Å². The van der Waals surface area contributed by atoms with Gasteiger partial charge < -0.3 is 5.73 Å². The number of aryl methyl sites for hydroxylation is 2. The summed E-state index contributed by atoms with van der Waals surface area (Å²) in [7, 11) is 0. The monoisotopic (exact) mass is 247 g/mol. The van der Waals surface area contributed by atoms with E-state index in [1.54, 1.807) is 17.5 Å². The Bertz CT molecular complexity index is 477. The van der Waals surface area contributed by atoms with Gasteiger partial charge in [0, 0.05) is 28.9 Å². The Balaban J connectivity index is 2.19. The van der Waals surface area contributed by atoms with E-state index in [0.29, 0.717) is 0 Å². The van der Waals surface area contributed by atoms with Crippen LogP contribution < -0.4 is 5.73 Å². The highest BCUT2D eigenvalue weighted by Crippen LogP contribution is 2.28. The highest BCUT2D eigenvalue weighted by Gasteiger charge is 2.09. The minimum atomic E-state index is 0.248. The topological polar surface area (TPSA) is 51.8 Å². The average Bonchev–Trinajstić information content (AvgIpc) is 2.69. The first kappa shape index (κ1) is 12.2. The maximum absolute atomic E-state index is 5.78. The summed E-state index contributed by atoms with van der Waals surface area (Å²) in [6, 6.07) is 4.23. The lowest BCUT2D eigenvalue weighted by atomic mass is 10.1. The standard InChI is InChI=1S/C13H17N3S/c1-9(14)5-6-12-10(2)16-13(17-12)11-4-3-7-15-8-11/h3-4,7-9H,5-6,14H2,1-2H3. The van der Waals surface area contributed by atoms with E-state index in [0.717, 1.165) is 29.1 Å².